The number of benzene rings is 2. The summed E-state index contributed by atoms with van der Waals surface area (Å²) in [5.41, 5.74) is 5.65. The van der Waals surface area contributed by atoms with Gasteiger partial charge in [0.1, 0.15) is 11.5 Å². The first-order chi connectivity index (χ1) is 12.6. The lowest BCUT2D eigenvalue weighted by Gasteiger charge is -2.12. The minimum Gasteiger partial charge on any atom is -0.496 e. The summed E-state index contributed by atoms with van der Waals surface area (Å²) >= 11 is 0. The van der Waals surface area contributed by atoms with Crippen LogP contribution in [-0.2, 0) is 13.2 Å². The molecule has 0 aliphatic heterocycles. The minimum absolute atomic E-state index is 0.185. The third-order valence-corrected chi connectivity index (χ3v) is 4.43. The molecule has 136 valence electrons. The summed E-state index contributed by atoms with van der Waals surface area (Å²) in [5.74, 6) is 1.37. The maximum Gasteiger partial charge on any atom is 0.125 e. The van der Waals surface area contributed by atoms with E-state index >= 15 is 0 Å². The minimum atomic E-state index is -0.198. The second kappa shape index (κ2) is 7.59. The highest BCUT2D eigenvalue weighted by Crippen LogP contribution is 2.32. The molecule has 2 aromatic carbocycles. The lowest BCUT2D eigenvalue weighted by molar-refractivity contribution is 0.254. The number of aliphatic hydroxyl groups is 2. The zero-order chi connectivity index (χ0) is 18.7. The summed E-state index contributed by atoms with van der Waals surface area (Å²) in [4.78, 5) is 0. The van der Waals surface area contributed by atoms with Gasteiger partial charge >= 0.3 is 0 Å². The Morgan fingerprint density at radius 1 is 0.923 bits per heavy atom. The largest absolute Gasteiger partial charge is 0.496 e. The smallest absolute Gasteiger partial charge is 0.125 e. The summed E-state index contributed by atoms with van der Waals surface area (Å²) < 4.78 is 10.6. The van der Waals surface area contributed by atoms with Gasteiger partial charge in [-0.25, -0.2) is 0 Å². The van der Waals surface area contributed by atoms with E-state index in [9.17, 15) is 10.2 Å². The fraction of sp³-hybridized carbons (Fsp3) is 0.250. The van der Waals surface area contributed by atoms with Gasteiger partial charge in [0.15, 0.2) is 0 Å². The number of aromatic amines is 1. The predicted octanol–water partition coefficient (Wildman–Crippen LogP) is 3.05. The first kappa shape index (κ1) is 18.0. The molecule has 1 aromatic heterocycles. The van der Waals surface area contributed by atoms with Crippen LogP contribution in [0.4, 0.5) is 0 Å². The van der Waals surface area contributed by atoms with Crippen LogP contribution in [0.3, 0.4) is 0 Å². The van der Waals surface area contributed by atoms with E-state index < -0.39 is 0 Å². The summed E-state index contributed by atoms with van der Waals surface area (Å²) in [6.07, 6.45) is 0. The molecule has 0 fully saturated rings. The van der Waals surface area contributed by atoms with Gasteiger partial charge < -0.3 is 19.7 Å². The number of nitrogens with one attached hydrogen (secondary N) is 1. The molecule has 0 radical (unpaired) electrons. The van der Waals surface area contributed by atoms with Crippen LogP contribution in [0.5, 0.6) is 11.5 Å². The van der Waals surface area contributed by atoms with Crippen LogP contribution in [0.25, 0.3) is 22.5 Å². The van der Waals surface area contributed by atoms with E-state index in [2.05, 4.69) is 10.2 Å². The van der Waals surface area contributed by atoms with E-state index in [0.717, 1.165) is 33.8 Å². The van der Waals surface area contributed by atoms with E-state index in [-0.39, 0.29) is 13.2 Å². The molecule has 0 saturated heterocycles. The molecule has 0 atom stereocenters. The molecule has 0 aliphatic carbocycles. The zero-order valence-corrected chi connectivity index (χ0v) is 15.0. The van der Waals surface area contributed by atoms with Crippen molar-refractivity contribution in [2.75, 3.05) is 14.2 Å². The first-order valence-electron chi connectivity index (χ1n) is 8.23. The number of aryl methyl sites for hydroxylation is 1. The fourth-order valence-electron chi connectivity index (χ4n) is 3.02. The molecule has 1 heterocycles. The molecular formula is C20H22N2O4. The highest BCUT2D eigenvalue weighted by Gasteiger charge is 2.14. The Hall–Kier alpha value is -2.83. The molecule has 0 spiro atoms. The van der Waals surface area contributed by atoms with Crippen molar-refractivity contribution in [3.05, 3.63) is 53.1 Å². The van der Waals surface area contributed by atoms with Crippen molar-refractivity contribution in [3.63, 3.8) is 0 Å². The normalized spacial score (nSPS) is 10.8. The topological polar surface area (TPSA) is 87.6 Å². The maximum absolute atomic E-state index is 9.60. The highest BCUT2D eigenvalue weighted by atomic mass is 16.5. The Morgan fingerprint density at radius 2 is 1.69 bits per heavy atom. The quantitative estimate of drug-likeness (QED) is 0.633. The monoisotopic (exact) mass is 354 g/mol. The lowest BCUT2D eigenvalue weighted by Crippen LogP contribution is -1.99. The van der Waals surface area contributed by atoms with Crippen molar-refractivity contribution in [2.24, 2.45) is 0 Å². The molecule has 26 heavy (non-hydrogen) atoms. The fourth-order valence-corrected chi connectivity index (χ4v) is 3.02. The van der Waals surface area contributed by atoms with Crippen LogP contribution in [0.1, 0.15) is 16.7 Å². The van der Waals surface area contributed by atoms with Gasteiger partial charge in [-0.05, 0) is 54.4 Å². The van der Waals surface area contributed by atoms with Crippen LogP contribution in [0.15, 0.2) is 36.4 Å². The molecule has 3 rings (SSSR count). The van der Waals surface area contributed by atoms with Gasteiger partial charge in [-0.1, -0.05) is 0 Å². The second-order valence-electron chi connectivity index (χ2n) is 5.98. The van der Waals surface area contributed by atoms with Crippen molar-refractivity contribution in [3.8, 4) is 34.0 Å². The molecule has 0 saturated carbocycles. The van der Waals surface area contributed by atoms with Crippen molar-refractivity contribution < 1.29 is 19.7 Å². The van der Waals surface area contributed by atoms with Crippen molar-refractivity contribution >= 4 is 0 Å². The SMILES string of the molecule is COc1ccc(-c2cc(-c3cc(CO)c(CO)c(OC)c3)n[nH]2)cc1C. The number of H-pyrrole nitrogens is 1. The van der Waals surface area contributed by atoms with E-state index in [4.69, 9.17) is 9.47 Å². The average molecular weight is 354 g/mol. The van der Waals surface area contributed by atoms with Crippen LogP contribution in [0.2, 0.25) is 0 Å². The Bertz CT molecular complexity index is 893. The van der Waals surface area contributed by atoms with Crippen LogP contribution >= 0.6 is 0 Å². The molecular weight excluding hydrogens is 332 g/mol. The summed E-state index contributed by atoms with van der Waals surface area (Å²) in [6.45, 7) is 1.61. The number of aromatic nitrogens is 2. The number of ether oxygens (including phenoxy) is 2. The van der Waals surface area contributed by atoms with Crippen molar-refractivity contribution in [1.29, 1.82) is 0 Å². The van der Waals surface area contributed by atoms with Gasteiger partial charge in [-0.2, -0.15) is 5.10 Å². The van der Waals surface area contributed by atoms with Crippen LogP contribution in [0, 0.1) is 6.92 Å². The number of methoxy groups -OCH3 is 2. The molecule has 6 heteroatoms. The standard InChI is InChI=1S/C20H22N2O4/c1-12-6-13(4-5-19(12)25-2)17-9-18(22-21-17)14-7-15(10-23)16(11-24)20(8-14)26-3/h4-9,23-24H,10-11H2,1-3H3,(H,21,22). The molecule has 0 bridgehead atoms. The summed E-state index contributed by atoms with van der Waals surface area (Å²) in [7, 11) is 3.19. The van der Waals surface area contributed by atoms with Gasteiger partial charge in [0, 0.05) is 16.7 Å². The Kier molecular flexibility index (Phi) is 5.25. The maximum atomic E-state index is 9.60. The van der Waals surface area contributed by atoms with Gasteiger partial charge in [0.05, 0.1) is 38.8 Å². The third-order valence-electron chi connectivity index (χ3n) is 4.43. The Morgan fingerprint density at radius 3 is 2.31 bits per heavy atom. The highest BCUT2D eigenvalue weighted by molar-refractivity contribution is 5.71. The van der Waals surface area contributed by atoms with Gasteiger partial charge in [0.25, 0.3) is 0 Å². The number of hydrogen-bond donors (Lipinski definition) is 3. The zero-order valence-electron chi connectivity index (χ0n) is 15.0. The van der Waals surface area contributed by atoms with E-state index in [1.165, 1.54) is 7.11 Å². The summed E-state index contributed by atoms with van der Waals surface area (Å²) in [5, 5.41) is 26.5. The molecule has 3 aromatic rings. The number of nitrogens with zero attached hydrogens (tertiary/aromatic N) is 1. The van der Waals surface area contributed by atoms with Gasteiger partial charge in [0.2, 0.25) is 0 Å². The third kappa shape index (κ3) is 3.29. The molecule has 0 amide bonds. The van der Waals surface area contributed by atoms with Crippen molar-refractivity contribution in [1.82, 2.24) is 10.2 Å². The number of aliphatic hydroxyl groups excluding tert-OH is 2. The molecule has 0 aliphatic rings. The van der Waals surface area contributed by atoms with E-state index in [0.29, 0.717) is 16.9 Å². The molecule has 3 N–H and O–H groups in total. The lowest BCUT2D eigenvalue weighted by atomic mass is 10.0. The Labute approximate surface area is 152 Å². The average Bonchev–Trinajstić information content (AvgIpc) is 3.16. The second-order valence-corrected chi connectivity index (χ2v) is 5.98. The van der Waals surface area contributed by atoms with E-state index in [1.807, 2.05) is 43.3 Å². The van der Waals surface area contributed by atoms with Gasteiger partial charge in [-0.3, -0.25) is 5.10 Å². The summed E-state index contributed by atoms with van der Waals surface area (Å²) in [6, 6.07) is 11.5. The van der Waals surface area contributed by atoms with Crippen LogP contribution in [-0.4, -0.2) is 34.6 Å². The first-order valence-corrected chi connectivity index (χ1v) is 8.23. The van der Waals surface area contributed by atoms with Crippen molar-refractivity contribution in [2.45, 2.75) is 20.1 Å². The van der Waals surface area contributed by atoms with Crippen LogP contribution < -0.4 is 9.47 Å². The predicted molar refractivity (Wildman–Crippen MR) is 99.1 cm³/mol. The molecule has 0 unspecified atom stereocenters. The number of rotatable bonds is 6. The number of hydrogen-bond acceptors (Lipinski definition) is 5. The molecule has 6 nitrogen and oxygen atoms in total. The Balaban J connectivity index is 2.01. The van der Waals surface area contributed by atoms with E-state index in [1.54, 1.807) is 7.11 Å². The van der Waals surface area contributed by atoms with Gasteiger partial charge in [-0.15, -0.1) is 0 Å².